The number of hydrogen-bond acceptors (Lipinski definition) is 5. The third-order valence-corrected chi connectivity index (χ3v) is 4.55. The highest BCUT2D eigenvalue weighted by Gasteiger charge is 2.10. The monoisotopic (exact) mass is 393 g/mol. The molecule has 6 heteroatoms. The molecule has 0 aliphatic rings. The molecule has 0 atom stereocenters. The van der Waals surface area contributed by atoms with Gasteiger partial charge in [-0.25, -0.2) is 4.79 Å². The number of ether oxygens (including phenoxy) is 1. The number of esters is 1. The second-order valence-corrected chi connectivity index (χ2v) is 6.70. The predicted octanol–water partition coefficient (Wildman–Crippen LogP) is 3.15. The minimum Gasteiger partial charge on any atom is -0.461 e. The molecule has 150 valence electrons. The minimum absolute atomic E-state index is 0.0234. The fourth-order valence-corrected chi connectivity index (χ4v) is 2.99. The molecular formula is C23H23NO5. The topological polar surface area (TPSA) is 85.6 Å². The summed E-state index contributed by atoms with van der Waals surface area (Å²) in [4.78, 5) is 35.7. The predicted molar refractivity (Wildman–Crippen MR) is 109 cm³/mol. The van der Waals surface area contributed by atoms with Crippen LogP contribution in [0.1, 0.15) is 30.0 Å². The first-order valence-corrected chi connectivity index (χ1v) is 9.57. The van der Waals surface area contributed by atoms with Crippen LogP contribution in [0.2, 0.25) is 0 Å². The molecule has 0 fully saturated rings. The maximum absolute atomic E-state index is 12.0. The van der Waals surface area contributed by atoms with E-state index in [0.717, 1.165) is 22.9 Å². The van der Waals surface area contributed by atoms with E-state index >= 15 is 0 Å². The van der Waals surface area contributed by atoms with Gasteiger partial charge in [0.1, 0.15) is 12.2 Å². The van der Waals surface area contributed by atoms with Gasteiger partial charge in [0.25, 0.3) is 0 Å². The average Bonchev–Trinajstić information content (AvgIpc) is 2.72. The Balaban J connectivity index is 1.50. The summed E-state index contributed by atoms with van der Waals surface area (Å²) in [6.45, 7) is 2.19. The maximum atomic E-state index is 12.0. The van der Waals surface area contributed by atoms with Gasteiger partial charge in [0.05, 0.1) is 12.8 Å². The van der Waals surface area contributed by atoms with Gasteiger partial charge in [-0.3, -0.25) is 9.59 Å². The van der Waals surface area contributed by atoms with Crippen LogP contribution in [0.5, 0.6) is 0 Å². The van der Waals surface area contributed by atoms with Gasteiger partial charge < -0.3 is 14.5 Å². The van der Waals surface area contributed by atoms with Crippen LogP contribution < -0.4 is 10.9 Å². The summed E-state index contributed by atoms with van der Waals surface area (Å²) in [5.74, 6) is -0.598. The molecule has 3 rings (SSSR count). The van der Waals surface area contributed by atoms with Crippen LogP contribution in [-0.2, 0) is 33.8 Å². The largest absolute Gasteiger partial charge is 0.461 e. The molecule has 1 aromatic heterocycles. The van der Waals surface area contributed by atoms with E-state index in [-0.39, 0.29) is 31.9 Å². The Labute approximate surface area is 168 Å². The Hall–Kier alpha value is -3.41. The fraction of sp³-hybridized carbons (Fsp3) is 0.261. The quantitative estimate of drug-likeness (QED) is 0.469. The molecule has 0 radical (unpaired) electrons. The van der Waals surface area contributed by atoms with Crippen LogP contribution in [-0.4, -0.2) is 18.4 Å². The van der Waals surface area contributed by atoms with Crippen LogP contribution >= 0.6 is 0 Å². The summed E-state index contributed by atoms with van der Waals surface area (Å²) >= 11 is 0. The van der Waals surface area contributed by atoms with Crippen molar-refractivity contribution in [2.45, 2.75) is 32.8 Å². The summed E-state index contributed by atoms with van der Waals surface area (Å²) in [5.41, 5.74) is 2.57. The highest BCUT2D eigenvalue weighted by Crippen LogP contribution is 2.20. The van der Waals surface area contributed by atoms with Crippen molar-refractivity contribution in [3.05, 3.63) is 81.7 Å². The van der Waals surface area contributed by atoms with Crippen molar-refractivity contribution in [1.29, 1.82) is 0 Å². The molecule has 1 amide bonds. The standard InChI is InChI=1S/C23H23NO5/c1-2-16-8-9-19-18(14-23(27)29-20(19)12-16)15-28-22(26)10-11-24-21(25)13-17-6-4-3-5-7-17/h3-9,12,14H,2,10-11,13,15H2,1H3,(H,24,25). The van der Waals surface area contributed by atoms with E-state index in [0.29, 0.717) is 11.1 Å². The molecule has 0 spiro atoms. The van der Waals surface area contributed by atoms with Crippen LogP contribution in [0.25, 0.3) is 11.0 Å². The summed E-state index contributed by atoms with van der Waals surface area (Å²) in [7, 11) is 0. The van der Waals surface area contributed by atoms with Crippen molar-refractivity contribution >= 4 is 22.8 Å². The summed E-state index contributed by atoms with van der Waals surface area (Å²) in [6.07, 6.45) is 1.15. The van der Waals surface area contributed by atoms with E-state index in [1.165, 1.54) is 6.07 Å². The highest BCUT2D eigenvalue weighted by atomic mass is 16.5. The number of carbonyl (C=O) groups is 2. The summed E-state index contributed by atoms with van der Waals surface area (Å²) < 4.78 is 10.5. The zero-order chi connectivity index (χ0) is 20.6. The fourth-order valence-electron chi connectivity index (χ4n) is 2.99. The average molecular weight is 393 g/mol. The van der Waals surface area contributed by atoms with Crippen molar-refractivity contribution in [3.63, 3.8) is 0 Å². The van der Waals surface area contributed by atoms with Gasteiger partial charge in [-0.1, -0.05) is 49.4 Å². The van der Waals surface area contributed by atoms with Gasteiger partial charge >= 0.3 is 11.6 Å². The first kappa shape index (κ1) is 20.3. The third kappa shape index (κ3) is 5.78. The molecular weight excluding hydrogens is 370 g/mol. The first-order chi connectivity index (χ1) is 14.0. The van der Waals surface area contributed by atoms with E-state index in [4.69, 9.17) is 9.15 Å². The van der Waals surface area contributed by atoms with Crippen molar-refractivity contribution in [3.8, 4) is 0 Å². The van der Waals surface area contributed by atoms with E-state index in [1.807, 2.05) is 55.5 Å². The Morgan fingerprint density at radius 3 is 2.59 bits per heavy atom. The SMILES string of the molecule is CCc1ccc2c(COC(=O)CCNC(=O)Cc3ccccc3)cc(=O)oc2c1. The van der Waals surface area contributed by atoms with E-state index in [2.05, 4.69) is 5.32 Å². The Morgan fingerprint density at radius 2 is 1.83 bits per heavy atom. The van der Waals surface area contributed by atoms with Gasteiger partial charge in [-0.2, -0.15) is 0 Å². The molecule has 1 heterocycles. The number of hydrogen-bond donors (Lipinski definition) is 1. The molecule has 0 saturated carbocycles. The maximum Gasteiger partial charge on any atom is 0.336 e. The van der Waals surface area contributed by atoms with E-state index in [1.54, 1.807) is 0 Å². The molecule has 0 bridgehead atoms. The molecule has 2 aromatic carbocycles. The molecule has 0 aliphatic carbocycles. The van der Waals surface area contributed by atoms with Crippen LogP contribution in [0, 0.1) is 0 Å². The minimum atomic E-state index is -0.482. The molecule has 29 heavy (non-hydrogen) atoms. The second-order valence-electron chi connectivity index (χ2n) is 6.70. The van der Waals surface area contributed by atoms with Crippen molar-refractivity contribution in [1.82, 2.24) is 5.32 Å². The molecule has 1 N–H and O–H groups in total. The summed E-state index contributed by atoms with van der Waals surface area (Å²) in [5, 5.41) is 3.45. The molecule has 0 unspecified atom stereocenters. The van der Waals surface area contributed by atoms with Gasteiger partial charge in [0.2, 0.25) is 5.91 Å². The lowest BCUT2D eigenvalue weighted by molar-refractivity contribution is -0.144. The van der Waals surface area contributed by atoms with Crippen molar-refractivity contribution < 1.29 is 18.7 Å². The second kappa shape index (κ2) is 9.68. The van der Waals surface area contributed by atoms with Gasteiger partial charge in [-0.15, -0.1) is 0 Å². The summed E-state index contributed by atoms with van der Waals surface area (Å²) in [6, 6.07) is 16.4. The Kier molecular flexibility index (Phi) is 6.79. The highest BCUT2D eigenvalue weighted by molar-refractivity contribution is 5.81. The first-order valence-electron chi connectivity index (χ1n) is 9.57. The normalized spacial score (nSPS) is 10.7. The van der Waals surface area contributed by atoms with Gasteiger partial charge in [0.15, 0.2) is 0 Å². The van der Waals surface area contributed by atoms with Gasteiger partial charge in [-0.05, 0) is 23.6 Å². The van der Waals surface area contributed by atoms with Crippen LogP contribution in [0.15, 0.2) is 63.8 Å². The molecule has 6 nitrogen and oxygen atoms in total. The lowest BCUT2D eigenvalue weighted by Crippen LogP contribution is -2.27. The van der Waals surface area contributed by atoms with E-state index in [9.17, 15) is 14.4 Å². The molecule has 0 saturated heterocycles. The molecule has 3 aromatic rings. The van der Waals surface area contributed by atoms with E-state index < -0.39 is 11.6 Å². The number of carbonyl (C=O) groups excluding carboxylic acids is 2. The Morgan fingerprint density at radius 1 is 1.03 bits per heavy atom. The lowest BCUT2D eigenvalue weighted by atomic mass is 10.1. The zero-order valence-corrected chi connectivity index (χ0v) is 16.3. The smallest absolute Gasteiger partial charge is 0.336 e. The zero-order valence-electron chi connectivity index (χ0n) is 16.3. The van der Waals surface area contributed by atoms with Crippen LogP contribution in [0.3, 0.4) is 0 Å². The number of benzene rings is 2. The van der Waals surface area contributed by atoms with Crippen LogP contribution in [0.4, 0.5) is 0 Å². The number of fused-ring (bicyclic) bond motifs is 1. The molecule has 0 aliphatic heterocycles. The Bertz CT molecular complexity index is 1060. The van der Waals surface area contributed by atoms with Crippen molar-refractivity contribution in [2.75, 3.05) is 6.54 Å². The van der Waals surface area contributed by atoms with Gasteiger partial charge in [0, 0.05) is 23.6 Å². The number of aryl methyl sites for hydroxylation is 1. The lowest BCUT2D eigenvalue weighted by Gasteiger charge is -2.09. The third-order valence-electron chi connectivity index (χ3n) is 4.55. The number of amides is 1. The number of nitrogens with one attached hydrogen (secondary N) is 1. The van der Waals surface area contributed by atoms with Crippen molar-refractivity contribution in [2.24, 2.45) is 0 Å². The number of rotatable bonds is 8.